The SMILES string of the molecule is CC1CN=CN1CCC1CCCC1. The van der Waals surface area contributed by atoms with Gasteiger partial charge in [0.2, 0.25) is 0 Å². The maximum Gasteiger partial charge on any atom is 0.0853 e. The van der Waals surface area contributed by atoms with Gasteiger partial charge >= 0.3 is 0 Å². The van der Waals surface area contributed by atoms with Crippen molar-refractivity contribution in [3.05, 3.63) is 0 Å². The molecule has 0 aromatic rings. The molecule has 1 saturated carbocycles. The number of hydrogen-bond donors (Lipinski definition) is 0. The van der Waals surface area contributed by atoms with Gasteiger partial charge in [-0.25, -0.2) is 0 Å². The first-order valence-electron chi connectivity index (χ1n) is 5.62. The maximum atomic E-state index is 4.29. The van der Waals surface area contributed by atoms with Gasteiger partial charge in [-0.2, -0.15) is 0 Å². The van der Waals surface area contributed by atoms with E-state index in [4.69, 9.17) is 0 Å². The topological polar surface area (TPSA) is 15.6 Å². The second kappa shape index (κ2) is 4.12. The molecule has 0 aromatic heterocycles. The summed E-state index contributed by atoms with van der Waals surface area (Å²) >= 11 is 0. The zero-order valence-corrected chi connectivity index (χ0v) is 8.58. The van der Waals surface area contributed by atoms with E-state index in [2.05, 4.69) is 16.8 Å². The molecule has 1 unspecified atom stereocenters. The molecule has 13 heavy (non-hydrogen) atoms. The average Bonchev–Trinajstić information content (AvgIpc) is 2.72. The monoisotopic (exact) mass is 180 g/mol. The largest absolute Gasteiger partial charge is 0.358 e. The molecule has 1 heterocycles. The molecule has 1 aliphatic heterocycles. The van der Waals surface area contributed by atoms with Gasteiger partial charge in [0, 0.05) is 12.6 Å². The van der Waals surface area contributed by atoms with Crippen LogP contribution in [0.25, 0.3) is 0 Å². The Morgan fingerprint density at radius 1 is 1.38 bits per heavy atom. The molecule has 1 atom stereocenters. The van der Waals surface area contributed by atoms with Crippen molar-refractivity contribution in [3.8, 4) is 0 Å². The van der Waals surface area contributed by atoms with E-state index >= 15 is 0 Å². The molecule has 0 spiro atoms. The summed E-state index contributed by atoms with van der Waals surface area (Å²) in [4.78, 5) is 6.69. The molecule has 0 radical (unpaired) electrons. The fraction of sp³-hybridized carbons (Fsp3) is 0.909. The lowest BCUT2D eigenvalue weighted by atomic mass is 10.0. The molecule has 0 saturated heterocycles. The molecule has 1 aliphatic carbocycles. The van der Waals surface area contributed by atoms with Crippen LogP contribution in [0.15, 0.2) is 4.99 Å². The van der Waals surface area contributed by atoms with Crippen molar-refractivity contribution in [2.75, 3.05) is 13.1 Å². The fourth-order valence-corrected chi connectivity index (χ4v) is 2.43. The van der Waals surface area contributed by atoms with Gasteiger partial charge in [0.05, 0.1) is 12.9 Å². The normalized spacial score (nSPS) is 29.0. The summed E-state index contributed by atoms with van der Waals surface area (Å²) in [5.74, 6) is 1.01. The Bertz CT molecular complexity index is 183. The van der Waals surface area contributed by atoms with Crippen LogP contribution in [0.3, 0.4) is 0 Å². The molecule has 0 bridgehead atoms. The average molecular weight is 180 g/mol. The van der Waals surface area contributed by atoms with Crippen molar-refractivity contribution < 1.29 is 0 Å². The highest BCUT2D eigenvalue weighted by Gasteiger charge is 2.19. The van der Waals surface area contributed by atoms with Gasteiger partial charge in [0.25, 0.3) is 0 Å². The molecular formula is C11H20N2. The Kier molecular flexibility index (Phi) is 2.87. The van der Waals surface area contributed by atoms with Gasteiger partial charge < -0.3 is 4.90 Å². The van der Waals surface area contributed by atoms with Crippen LogP contribution in [0.4, 0.5) is 0 Å². The van der Waals surface area contributed by atoms with Crippen molar-refractivity contribution >= 4 is 6.34 Å². The summed E-state index contributed by atoms with van der Waals surface area (Å²) in [5.41, 5.74) is 0. The molecule has 0 aromatic carbocycles. The minimum atomic E-state index is 0.654. The maximum absolute atomic E-state index is 4.29. The van der Waals surface area contributed by atoms with Gasteiger partial charge in [0.15, 0.2) is 0 Å². The zero-order chi connectivity index (χ0) is 9.10. The minimum Gasteiger partial charge on any atom is -0.358 e. The van der Waals surface area contributed by atoms with Crippen molar-refractivity contribution in [1.29, 1.82) is 0 Å². The van der Waals surface area contributed by atoms with Crippen LogP contribution in [0.1, 0.15) is 39.0 Å². The van der Waals surface area contributed by atoms with Crippen molar-refractivity contribution in [2.45, 2.75) is 45.1 Å². The Balaban J connectivity index is 1.69. The van der Waals surface area contributed by atoms with Gasteiger partial charge in [-0.15, -0.1) is 0 Å². The summed E-state index contributed by atoms with van der Waals surface area (Å²) in [6.07, 6.45) is 9.30. The van der Waals surface area contributed by atoms with Crippen molar-refractivity contribution in [2.24, 2.45) is 10.9 Å². The lowest BCUT2D eigenvalue weighted by Gasteiger charge is -2.22. The highest BCUT2D eigenvalue weighted by molar-refractivity contribution is 5.57. The first-order chi connectivity index (χ1) is 6.36. The number of hydrogen-bond acceptors (Lipinski definition) is 2. The molecule has 2 nitrogen and oxygen atoms in total. The van der Waals surface area contributed by atoms with Crippen LogP contribution >= 0.6 is 0 Å². The van der Waals surface area contributed by atoms with Gasteiger partial charge in [0.1, 0.15) is 0 Å². The summed E-state index contributed by atoms with van der Waals surface area (Å²) in [6.45, 7) is 4.50. The van der Waals surface area contributed by atoms with Crippen molar-refractivity contribution in [1.82, 2.24) is 4.90 Å². The van der Waals surface area contributed by atoms with Crippen LogP contribution in [0, 0.1) is 5.92 Å². The lowest BCUT2D eigenvalue weighted by molar-refractivity contribution is 0.332. The van der Waals surface area contributed by atoms with Crippen LogP contribution < -0.4 is 0 Å². The predicted octanol–water partition coefficient (Wildman–Crippen LogP) is 2.30. The molecule has 2 aliphatic rings. The molecular weight excluding hydrogens is 160 g/mol. The molecule has 0 amide bonds. The number of aliphatic imine (C=N–C) groups is 1. The second-order valence-corrected chi connectivity index (χ2v) is 4.51. The highest BCUT2D eigenvalue weighted by atomic mass is 15.2. The van der Waals surface area contributed by atoms with Crippen LogP contribution in [0.2, 0.25) is 0 Å². The number of rotatable bonds is 3. The standard InChI is InChI=1S/C11H20N2/c1-10-8-12-9-13(10)7-6-11-4-2-3-5-11/h9-11H,2-8H2,1H3. The van der Waals surface area contributed by atoms with Crippen LogP contribution in [-0.4, -0.2) is 30.4 Å². The summed E-state index contributed by atoms with van der Waals surface area (Å²) in [5, 5.41) is 0. The van der Waals surface area contributed by atoms with E-state index in [1.54, 1.807) is 0 Å². The first kappa shape index (κ1) is 9.04. The van der Waals surface area contributed by atoms with E-state index in [-0.39, 0.29) is 0 Å². The minimum absolute atomic E-state index is 0.654. The van der Waals surface area contributed by atoms with E-state index < -0.39 is 0 Å². The van der Waals surface area contributed by atoms with Crippen LogP contribution in [-0.2, 0) is 0 Å². The molecule has 1 fully saturated rings. The van der Waals surface area contributed by atoms with E-state index in [0.717, 1.165) is 12.5 Å². The highest BCUT2D eigenvalue weighted by Crippen LogP contribution is 2.27. The van der Waals surface area contributed by atoms with Crippen molar-refractivity contribution in [3.63, 3.8) is 0 Å². The molecule has 0 N–H and O–H groups in total. The smallest absolute Gasteiger partial charge is 0.0853 e. The number of nitrogens with zero attached hydrogens (tertiary/aromatic N) is 2. The predicted molar refractivity (Wildman–Crippen MR) is 56.1 cm³/mol. The van der Waals surface area contributed by atoms with E-state index in [9.17, 15) is 0 Å². The first-order valence-corrected chi connectivity index (χ1v) is 5.62. The van der Waals surface area contributed by atoms with E-state index in [1.807, 2.05) is 6.34 Å². The second-order valence-electron chi connectivity index (χ2n) is 4.51. The van der Waals surface area contributed by atoms with Gasteiger partial charge in [-0.3, -0.25) is 4.99 Å². The zero-order valence-electron chi connectivity index (χ0n) is 8.58. The van der Waals surface area contributed by atoms with Gasteiger partial charge in [-0.1, -0.05) is 25.7 Å². The molecule has 2 heteroatoms. The van der Waals surface area contributed by atoms with Gasteiger partial charge in [-0.05, 0) is 19.3 Å². The summed E-state index contributed by atoms with van der Waals surface area (Å²) in [7, 11) is 0. The lowest BCUT2D eigenvalue weighted by Crippen LogP contribution is -2.30. The third-order valence-electron chi connectivity index (χ3n) is 3.44. The Labute approximate surface area is 81.0 Å². The Hall–Kier alpha value is -0.530. The molecule has 74 valence electrons. The fourth-order valence-electron chi connectivity index (χ4n) is 2.43. The quantitative estimate of drug-likeness (QED) is 0.650. The summed E-state index contributed by atoms with van der Waals surface area (Å²) in [6, 6.07) is 0.654. The Morgan fingerprint density at radius 3 is 2.77 bits per heavy atom. The third-order valence-corrected chi connectivity index (χ3v) is 3.44. The third kappa shape index (κ3) is 2.23. The van der Waals surface area contributed by atoms with E-state index in [1.165, 1.54) is 38.6 Å². The summed E-state index contributed by atoms with van der Waals surface area (Å²) < 4.78 is 0. The Morgan fingerprint density at radius 2 is 2.15 bits per heavy atom. The van der Waals surface area contributed by atoms with E-state index in [0.29, 0.717) is 6.04 Å². The molecule has 2 rings (SSSR count). The van der Waals surface area contributed by atoms with Crippen LogP contribution in [0.5, 0.6) is 0 Å².